The molecule has 0 unspecified atom stereocenters. The summed E-state index contributed by atoms with van der Waals surface area (Å²) in [4.78, 5) is 36.4. The van der Waals surface area contributed by atoms with Crippen molar-refractivity contribution in [3.05, 3.63) is 72.2 Å². The number of imidazole rings is 1. The third kappa shape index (κ3) is 6.89. The molecular formula is C30H33F2N7O4. The van der Waals surface area contributed by atoms with Gasteiger partial charge in [-0.2, -0.15) is 8.78 Å². The molecule has 0 bridgehead atoms. The number of carbonyl (C=O) groups excluding carboxylic acids is 2. The lowest BCUT2D eigenvalue weighted by Gasteiger charge is -2.32. The number of aliphatic hydroxyl groups excluding tert-OH is 1. The monoisotopic (exact) mass is 593 g/mol. The summed E-state index contributed by atoms with van der Waals surface area (Å²) in [5.41, 5.74) is 9.54. The number of rotatable bonds is 10. The van der Waals surface area contributed by atoms with Crippen LogP contribution < -0.4 is 21.1 Å². The van der Waals surface area contributed by atoms with Gasteiger partial charge in [-0.25, -0.2) is 9.97 Å². The molecule has 5 rings (SSSR count). The number of amides is 2. The molecule has 1 aliphatic heterocycles. The summed E-state index contributed by atoms with van der Waals surface area (Å²) in [6.45, 7) is 0.105. The highest BCUT2D eigenvalue weighted by molar-refractivity contribution is 5.96. The van der Waals surface area contributed by atoms with Gasteiger partial charge in [0.2, 0.25) is 5.91 Å². The van der Waals surface area contributed by atoms with Crippen molar-refractivity contribution in [2.24, 2.45) is 11.7 Å². The number of nitrogens with two attached hydrogens (primary N) is 1. The lowest BCUT2D eigenvalue weighted by molar-refractivity contribution is -0.126. The Morgan fingerprint density at radius 3 is 2.56 bits per heavy atom. The molecule has 2 aromatic carbocycles. The second-order valence-electron chi connectivity index (χ2n) is 10.4. The number of aryl methyl sites for hydroxylation is 1. The molecule has 0 radical (unpaired) electrons. The molecular weight excluding hydrogens is 560 g/mol. The summed E-state index contributed by atoms with van der Waals surface area (Å²) in [7, 11) is 0. The third-order valence-corrected chi connectivity index (χ3v) is 7.46. The van der Waals surface area contributed by atoms with Gasteiger partial charge >= 0.3 is 6.61 Å². The molecule has 0 aliphatic carbocycles. The predicted octanol–water partition coefficient (Wildman–Crippen LogP) is 3.34. The summed E-state index contributed by atoms with van der Waals surface area (Å²) in [6.07, 6.45) is 5.39. The standard InChI is InChI=1S/C30H33F2N7O4/c1-18-14-21(4-7-24(18)29(42)38-11-8-20(9-12-38)28(41)36-16-22(40)15-33)37-26-27-35-17-25(39(27)13-10-34-26)19-2-5-23(6-3-19)43-30(31)32/h2-7,10,13-14,17,20,22,30,40H,8-9,11-12,15-16,33H2,1H3,(H,34,37)(H,36,41)/t22-/m0/s1. The number of hydrogen-bond donors (Lipinski definition) is 4. The number of alkyl halides is 2. The fraction of sp³-hybridized carbons (Fsp3) is 0.333. The first-order valence-corrected chi connectivity index (χ1v) is 13.9. The zero-order chi connectivity index (χ0) is 30.5. The van der Waals surface area contributed by atoms with Crippen LogP contribution in [0.5, 0.6) is 5.75 Å². The predicted molar refractivity (Wildman–Crippen MR) is 156 cm³/mol. The van der Waals surface area contributed by atoms with E-state index in [0.717, 1.165) is 22.5 Å². The zero-order valence-corrected chi connectivity index (χ0v) is 23.5. The summed E-state index contributed by atoms with van der Waals surface area (Å²) < 4.78 is 31.3. The Labute approximate surface area is 246 Å². The number of anilines is 2. The summed E-state index contributed by atoms with van der Waals surface area (Å²) in [5.74, 6) is 0.144. The number of piperidine rings is 1. The highest BCUT2D eigenvalue weighted by Gasteiger charge is 2.28. The van der Waals surface area contributed by atoms with E-state index < -0.39 is 12.7 Å². The van der Waals surface area contributed by atoms with Gasteiger partial charge in [0.15, 0.2) is 11.5 Å². The molecule has 3 heterocycles. The minimum atomic E-state index is -2.89. The molecule has 0 saturated carbocycles. The van der Waals surface area contributed by atoms with E-state index in [-0.39, 0.29) is 36.6 Å². The molecule has 1 aliphatic rings. The van der Waals surface area contributed by atoms with E-state index in [1.165, 1.54) is 12.1 Å². The summed E-state index contributed by atoms with van der Waals surface area (Å²) >= 11 is 0. The van der Waals surface area contributed by atoms with E-state index in [0.29, 0.717) is 43.0 Å². The van der Waals surface area contributed by atoms with Crippen molar-refractivity contribution in [3.63, 3.8) is 0 Å². The quantitative estimate of drug-likeness (QED) is 0.219. The summed E-state index contributed by atoms with van der Waals surface area (Å²) in [5, 5.41) is 15.6. The van der Waals surface area contributed by atoms with Crippen LogP contribution in [-0.2, 0) is 4.79 Å². The van der Waals surface area contributed by atoms with Gasteiger partial charge in [-0.15, -0.1) is 0 Å². The molecule has 5 N–H and O–H groups in total. The Kier molecular flexibility index (Phi) is 9.12. The van der Waals surface area contributed by atoms with E-state index in [1.807, 2.05) is 17.4 Å². The maximum absolute atomic E-state index is 13.3. The van der Waals surface area contributed by atoms with E-state index in [2.05, 4.69) is 25.3 Å². The zero-order valence-electron chi connectivity index (χ0n) is 23.5. The Morgan fingerprint density at radius 2 is 1.88 bits per heavy atom. The van der Waals surface area contributed by atoms with Crippen LogP contribution in [0.4, 0.5) is 20.3 Å². The van der Waals surface area contributed by atoms with Gasteiger partial charge in [-0.3, -0.25) is 14.0 Å². The molecule has 1 fully saturated rings. The number of ether oxygens (including phenoxy) is 1. The first-order valence-electron chi connectivity index (χ1n) is 13.9. The van der Waals surface area contributed by atoms with Gasteiger partial charge in [0.25, 0.3) is 5.91 Å². The molecule has 0 spiro atoms. The van der Waals surface area contributed by atoms with Crippen molar-refractivity contribution in [1.82, 2.24) is 24.6 Å². The minimum absolute atomic E-state index is 0.0707. The number of benzene rings is 2. The van der Waals surface area contributed by atoms with Gasteiger partial charge < -0.3 is 31.1 Å². The lowest BCUT2D eigenvalue weighted by Crippen LogP contribution is -2.45. The number of aliphatic hydroxyl groups is 1. The van der Waals surface area contributed by atoms with Crippen LogP contribution in [-0.4, -0.2) is 75.1 Å². The van der Waals surface area contributed by atoms with Crippen LogP contribution in [0, 0.1) is 12.8 Å². The molecule has 1 saturated heterocycles. The van der Waals surface area contributed by atoms with Gasteiger partial charge in [0.05, 0.1) is 18.0 Å². The van der Waals surface area contributed by atoms with Crippen molar-refractivity contribution in [2.45, 2.75) is 32.5 Å². The van der Waals surface area contributed by atoms with Crippen LogP contribution in [0.1, 0.15) is 28.8 Å². The number of hydrogen-bond acceptors (Lipinski definition) is 8. The summed E-state index contributed by atoms with van der Waals surface area (Å²) in [6, 6.07) is 11.8. The lowest BCUT2D eigenvalue weighted by atomic mass is 9.95. The largest absolute Gasteiger partial charge is 0.435 e. The molecule has 2 aromatic heterocycles. The first kappa shape index (κ1) is 29.9. The molecule has 11 nitrogen and oxygen atoms in total. The number of carbonyl (C=O) groups is 2. The van der Waals surface area contributed by atoms with Crippen molar-refractivity contribution in [2.75, 3.05) is 31.5 Å². The van der Waals surface area contributed by atoms with E-state index in [4.69, 9.17) is 5.73 Å². The Bertz CT molecular complexity index is 1590. The number of nitrogens with zero attached hydrogens (tertiary/aromatic N) is 4. The van der Waals surface area contributed by atoms with Crippen LogP contribution in [0.15, 0.2) is 61.1 Å². The van der Waals surface area contributed by atoms with Gasteiger partial charge in [-0.05, 0) is 67.8 Å². The molecule has 1 atom stereocenters. The number of aromatic nitrogens is 3. The number of fused-ring (bicyclic) bond motifs is 1. The van der Waals surface area contributed by atoms with E-state index in [1.54, 1.807) is 47.8 Å². The number of nitrogens with one attached hydrogen (secondary N) is 2. The Balaban J connectivity index is 1.24. The Morgan fingerprint density at radius 1 is 1.14 bits per heavy atom. The molecule has 13 heteroatoms. The second kappa shape index (κ2) is 13.1. The fourth-order valence-electron chi connectivity index (χ4n) is 5.11. The smallest absolute Gasteiger partial charge is 0.387 e. The van der Waals surface area contributed by atoms with Crippen molar-refractivity contribution in [1.29, 1.82) is 0 Å². The van der Waals surface area contributed by atoms with Crippen LogP contribution in [0.25, 0.3) is 16.9 Å². The first-order chi connectivity index (χ1) is 20.7. The topological polar surface area (TPSA) is 147 Å². The van der Waals surface area contributed by atoms with Gasteiger partial charge in [0.1, 0.15) is 5.75 Å². The van der Waals surface area contributed by atoms with Crippen LogP contribution in [0.2, 0.25) is 0 Å². The third-order valence-electron chi connectivity index (χ3n) is 7.46. The maximum atomic E-state index is 13.3. The maximum Gasteiger partial charge on any atom is 0.387 e. The highest BCUT2D eigenvalue weighted by Crippen LogP contribution is 2.28. The van der Waals surface area contributed by atoms with Crippen molar-refractivity contribution < 1.29 is 28.2 Å². The average molecular weight is 594 g/mol. The molecule has 226 valence electrons. The van der Waals surface area contributed by atoms with Gasteiger partial charge in [0, 0.05) is 61.3 Å². The molecule has 43 heavy (non-hydrogen) atoms. The van der Waals surface area contributed by atoms with Crippen LogP contribution in [0.3, 0.4) is 0 Å². The molecule has 2 amide bonds. The number of likely N-dealkylation sites (tertiary alicyclic amines) is 1. The van der Waals surface area contributed by atoms with E-state index in [9.17, 15) is 23.5 Å². The van der Waals surface area contributed by atoms with Crippen LogP contribution >= 0.6 is 0 Å². The normalized spacial score (nSPS) is 14.6. The number of halogens is 2. The van der Waals surface area contributed by atoms with Crippen molar-refractivity contribution >= 4 is 29.0 Å². The minimum Gasteiger partial charge on any atom is -0.435 e. The van der Waals surface area contributed by atoms with Crippen molar-refractivity contribution in [3.8, 4) is 17.0 Å². The second-order valence-corrected chi connectivity index (χ2v) is 10.4. The van der Waals surface area contributed by atoms with E-state index >= 15 is 0 Å². The SMILES string of the molecule is Cc1cc(Nc2nccn3c(-c4ccc(OC(F)F)cc4)cnc23)ccc1C(=O)N1CCC(C(=O)NC[C@@H](O)CN)CC1. The molecule has 4 aromatic rings. The Hall–Kier alpha value is -4.62. The highest BCUT2D eigenvalue weighted by atomic mass is 19.3. The van der Waals surface area contributed by atoms with Gasteiger partial charge in [-0.1, -0.05) is 0 Å². The average Bonchev–Trinajstić information content (AvgIpc) is 3.45. The fourth-order valence-corrected chi connectivity index (χ4v) is 5.11.